The fourth-order valence-electron chi connectivity index (χ4n) is 1.42. The molecule has 6 heteroatoms. The number of halogens is 1. The van der Waals surface area contributed by atoms with Crippen LogP contribution in [0.2, 0.25) is 0 Å². The summed E-state index contributed by atoms with van der Waals surface area (Å²) in [5.41, 5.74) is 1.51. The third-order valence-electron chi connectivity index (χ3n) is 2.05. The Balaban J connectivity index is 2.34. The van der Waals surface area contributed by atoms with E-state index in [0.717, 1.165) is 5.69 Å². The van der Waals surface area contributed by atoms with Crippen molar-refractivity contribution in [3.8, 4) is 5.69 Å². The molecule has 84 valence electrons. The quantitative estimate of drug-likeness (QED) is 0.789. The van der Waals surface area contributed by atoms with Gasteiger partial charge in [0.1, 0.15) is 0 Å². The second kappa shape index (κ2) is 4.27. The van der Waals surface area contributed by atoms with Crippen molar-refractivity contribution < 1.29 is 8.42 Å². The Morgan fingerprint density at radius 3 is 2.81 bits per heavy atom. The molecule has 0 aliphatic rings. The van der Waals surface area contributed by atoms with Crippen LogP contribution in [0.5, 0.6) is 0 Å². The summed E-state index contributed by atoms with van der Waals surface area (Å²) in [5.74, 6) is -0.170. The minimum Gasteiger partial charge on any atom is -0.306 e. The van der Waals surface area contributed by atoms with Crippen molar-refractivity contribution in [1.29, 1.82) is 0 Å². The fourth-order valence-corrected chi connectivity index (χ4v) is 2.37. The van der Waals surface area contributed by atoms with Crippen LogP contribution in [-0.4, -0.2) is 18.0 Å². The van der Waals surface area contributed by atoms with Crippen molar-refractivity contribution in [2.75, 3.05) is 0 Å². The summed E-state index contributed by atoms with van der Waals surface area (Å²) >= 11 is 0. The minimum atomic E-state index is -3.52. The predicted octanol–water partition coefficient (Wildman–Crippen LogP) is 1.94. The Morgan fingerprint density at radius 2 is 2.19 bits per heavy atom. The lowest BCUT2D eigenvalue weighted by Crippen LogP contribution is -1.97. The van der Waals surface area contributed by atoms with Gasteiger partial charge >= 0.3 is 0 Å². The van der Waals surface area contributed by atoms with Gasteiger partial charge in [-0.15, -0.1) is 0 Å². The predicted molar refractivity (Wildman–Crippen MR) is 62.0 cm³/mol. The Morgan fingerprint density at radius 1 is 1.38 bits per heavy atom. The number of nitrogens with zero attached hydrogens (tertiary/aromatic N) is 2. The summed E-state index contributed by atoms with van der Waals surface area (Å²) in [4.78, 5) is 3.92. The summed E-state index contributed by atoms with van der Waals surface area (Å²) in [7, 11) is 1.68. The van der Waals surface area contributed by atoms with Gasteiger partial charge in [-0.25, -0.2) is 13.4 Å². The number of benzene rings is 1. The van der Waals surface area contributed by atoms with Crippen molar-refractivity contribution in [1.82, 2.24) is 9.55 Å². The van der Waals surface area contributed by atoms with Crippen LogP contribution in [0.25, 0.3) is 5.69 Å². The van der Waals surface area contributed by atoms with Crippen LogP contribution in [0.1, 0.15) is 5.56 Å². The molecule has 1 aromatic carbocycles. The average Bonchev–Trinajstić information content (AvgIpc) is 2.68. The van der Waals surface area contributed by atoms with Crippen LogP contribution in [-0.2, 0) is 14.8 Å². The summed E-state index contributed by atoms with van der Waals surface area (Å²) in [6.45, 7) is 0. The van der Waals surface area contributed by atoms with E-state index < -0.39 is 9.05 Å². The fraction of sp³-hybridized carbons (Fsp3) is 0.100. The molecule has 16 heavy (non-hydrogen) atoms. The maximum atomic E-state index is 10.9. The first-order valence-corrected chi connectivity index (χ1v) is 7.02. The first-order chi connectivity index (χ1) is 7.54. The van der Waals surface area contributed by atoms with Gasteiger partial charge in [-0.05, 0) is 17.7 Å². The van der Waals surface area contributed by atoms with Crippen LogP contribution in [0.3, 0.4) is 0 Å². The van der Waals surface area contributed by atoms with Crippen molar-refractivity contribution in [3.63, 3.8) is 0 Å². The van der Waals surface area contributed by atoms with E-state index in [2.05, 4.69) is 4.98 Å². The van der Waals surface area contributed by atoms with Gasteiger partial charge in [0, 0.05) is 28.8 Å². The third-order valence-corrected chi connectivity index (χ3v) is 3.06. The molecule has 0 amide bonds. The van der Waals surface area contributed by atoms with E-state index >= 15 is 0 Å². The highest BCUT2D eigenvalue weighted by atomic mass is 35.7. The molecule has 0 fully saturated rings. The van der Waals surface area contributed by atoms with Crippen LogP contribution in [0.4, 0.5) is 0 Å². The third kappa shape index (κ3) is 2.84. The topological polar surface area (TPSA) is 52.0 Å². The molecule has 0 spiro atoms. The number of hydrogen-bond donors (Lipinski definition) is 0. The van der Waals surface area contributed by atoms with Crippen molar-refractivity contribution in [2.45, 2.75) is 5.75 Å². The molecule has 2 rings (SSSR count). The number of imidazole rings is 1. The zero-order chi connectivity index (χ0) is 11.6. The summed E-state index contributed by atoms with van der Waals surface area (Å²) in [5, 5.41) is 0. The molecule has 0 saturated heterocycles. The van der Waals surface area contributed by atoms with E-state index in [1.807, 2.05) is 6.07 Å². The van der Waals surface area contributed by atoms with Gasteiger partial charge < -0.3 is 4.57 Å². The van der Waals surface area contributed by atoms with Crippen molar-refractivity contribution in [2.24, 2.45) is 0 Å². The molecule has 0 aliphatic carbocycles. The second-order valence-corrected chi connectivity index (χ2v) is 6.10. The molecule has 1 heterocycles. The highest BCUT2D eigenvalue weighted by Crippen LogP contribution is 2.14. The molecule has 0 N–H and O–H groups in total. The standard InChI is InChI=1S/C10H9ClN2O2S/c11-16(14,15)7-9-2-1-3-10(6-9)13-5-4-12-8-13/h1-6,8H,7H2. The number of hydrogen-bond acceptors (Lipinski definition) is 3. The zero-order valence-corrected chi connectivity index (χ0v) is 9.82. The largest absolute Gasteiger partial charge is 0.306 e. The smallest absolute Gasteiger partial charge is 0.236 e. The highest BCUT2D eigenvalue weighted by Gasteiger charge is 2.07. The minimum absolute atomic E-state index is 0.170. The van der Waals surface area contributed by atoms with E-state index in [4.69, 9.17) is 10.7 Å². The Kier molecular flexibility index (Phi) is 2.98. The summed E-state index contributed by atoms with van der Waals surface area (Å²) in [6, 6.07) is 7.14. The van der Waals surface area contributed by atoms with Crippen molar-refractivity contribution in [3.05, 3.63) is 48.5 Å². The van der Waals surface area contributed by atoms with Gasteiger partial charge in [0.05, 0.1) is 12.1 Å². The number of aromatic nitrogens is 2. The molecule has 0 unspecified atom stereocenters. The van der Waals surface area contributed by atoms with Crippen LogP contribution >= 0.6 is 10.7 Å². The lowest BCUT2D eigenvalue weighted by Gasteiger charge is -2.04. The normalized spacial score (nSPS) is 11.6. The lowest BCUT2D eigenvalue weighted by atomic mass is 10.2. The van der Waals surface area contributed by atoms with Gasteiger partial charge in [0.15, 0.2) is 0 Å². The van der Waals surface area contributed by atoms with Gasteiger partial charge in [-0.2, -0.15) is 0 Å². The lowest BCUT2D eigenvalue weighted by molar-refractivity contribution is 0.609. The zero-order valence-electron chi connectivity index (χ0n) is 8.25. The van der Waals surface area contributed by atoms with Gasteiger partial charge in [0.25, 0.3) is 0 Å². The van der Waals surface area contributed by atoms with E-state index in [0.29, 0.717) is 5.56 Å². The molecule has 0 bridgehead atoms. The van der Waals surface area contributed by atoms with Gasteiger partial charge in [0.2, 0.25) is 9.05 Å². The van der Waals surface area contributed by atoms with Gasteiger partial charge in [-0.3, -0.25) is 0 Å². The van der Waals surface area contributed by atoms with Crippen LogP contribution < -0.4 is 0 Å². The molecular formula is C10H9ClN2O2S. The molecule has 0 saturated carbocycles. The van der Waals surface area contributed by atoms with E-state index in [1.165, 1.54) is 0 Å². The Labute approximate surface area is 97.9 Å². The van der Waals surface area contributed by atoms with E-state index in [9.17, 15) is 8.42 Å². The number of rotatable bonds is 3. The maximum absolute atomic E-state index is 10.9. The summed E-state index contributed by atoms with van der Waals surface area (Å²) < 4.78 is 23.7. The Bertz CT molecular complexity index is 579. The molecule has 4 nitrogen and oxygen atoms in total. The van der Waals surface area contributed by atoms with Crippen LogP contribution in [0, 0.1) is 0 Å². The van der Waals surface area contributed by atoms with Crippen LogP contribution in [0.15, 0.2) is 43.0 Å². The first kappa shape index (κ1) is 11.2. The molecule has 1 aromatic heterocycles. The average molecular weight is 257 g/mol. The molecule has 0 radical (unpaired) electrons. The molecular weight excluding hydrogens is 248 g/mol. The molecule has 0 aliphatic heterocycles. The maximum Gasteiger partial charge on any atom is 0.236 e. The van der Waals surface area contributed by atoms with Gasteiger partial charge in [-0.1, -0.05) is 12.1 Å². The van der Waals surface area contributed by atoms with Crippen molar-refractivity contribution >= 4 is 19.7 Å². The van der Waals surface area contributed by atoms with E-state index in [1.54, 1.807) is 41.5 Å². The molecule has 0 atom stereocenters. The monoisotopic (exact) mass is 256 g/mol. The first-order valence-electron chi connectivity index (χ1n) is 4.54. The van der Waals surface area contributed by atoms with E-state index in [-0.39, 0.29) is 5.75 Å². The SMILES string of the molecule is O=S(=O)(Cl)Cc1cccc(-n2ccnc2)c1. The second-order valence-electron chi connectivity index (χ2n) is 3.32. The molecule has 2 aromatic rings. The highest BCUT2D eigenvalue weighted by molar-refractivity contribution is 8.13. The summed E-state index contributed by atoms with van der Waals surface area (Å²) in [6.07, 6.45) is 5.09. The Hall–Kier alpha value is -1.33.